The first-order valence-electron chi connectivity index (χ1n) is 4.27. The molecule has 0 bridgehead atoms. The van der Waals surface area contributed by atoms with Gasteiger partial charge in [0.15, 0.2) is 5.78 Å². The lowest BCUT2D eigenvalue weighted by Crippen LogP contribution is -2.36. The van der Waals surface area contributed by atoms with Gasteiger partial charge in [-0.2, -0.15) is 0 Å². The Morgan fingerprint density at radius 3 is 2.31 bits per heavy atom. The molecule has 1 saturated heterocycles. The lowest BCUT2D eigenvalue weighted by atomic mass is 9.81. The molecule has 3 heteroatoms. The van der Waals surface area contributed by atoms with Crippen LogP contribution in [0.3, 0.4) is 0 Å². The summed E-state index contributed by atoms with van der Waals surface area (Å²) >= 11 is 0. The Hall–Kier alpha value is -1.12. The van der Waals surface area contributed by atoms with E-state index in [-0.39, 0.29) is 12.2 Å². The van der Waals surface area contributed by atoms with Crippen molar-refractivity contribution in [2.75, 3.05) is 0 Å². The topological polar surface area (TPSA) is 43.4 Å². The monoisotopic (exact) mass is 182 g/mol. The van der Waals surface area contributed by atoms with Crippen LogP contribution in [0.4, 0.5) is 0 Å². The quantitative estimate of drug-likeness (QED) is 0.424. The largest absolute Gasteiger partial charge is 0.430 e. The molecule has 1 fully saturated rings. The zero-order valence-electron chi connectivity index (χ0n) is 8.43. The number of carbonyl (C=O) groups is 2. The average molecular weight is 182 g/mol. The van der Waals surface area contributed by atoms with Crippen molar-refractivity contribution in [3.63, 3.8) is 0 Å². The number of Topliss-reactive ketones (excluding diaryl/α,β-unsaturated/α-hetero) is 1. The zero-order chi connectivity index (χ0) is 10.2. The van der Waals surface area contributed by atoms with E-state index in [9.17, 15) is 9.59 Å². The Bertz CT molecular complexity index is 293. The van der Waals surface area contributed by atoms with E-state index >= 15 is 0 Å². The number of rotatable bonds is 0. The van der Waals surface area contributed by atoms with E-state index in [4.69, 9.17) is 4.74 Å². The van der Waals surface area contributed by atoms with Crippen LogP contribution in [0.5, 0.6) is 0 Å². The second kappa shape index (κ2) is 2.98. The van der Waals surface area contributed by atoms with Crippen molar-refractivity contribution in [3.05, 3.63) is 11.3 Å². The number of cyclic esters (lactones) is 1. The summed E-state index contributed by atoms with van der Waals surface area (Å²) in [5.74, 6) is -0.00535. The van der Waals surface area contributed by atoms with Crippen molar-refractivity contribution < 1.29 is 14.3 Å². The summed E-state index contributed by atoms with van der Waals surface area (Å²) in [6.45, 7) is 7.24. The molecule has 13 heavy (non-hydrogen) atoms. The lowest BCUT2D eigenvalue weighted by Gasteiger charge is -2.30. The standard InChI is InChI=1S/C10H14O3/c1-6(2)9-10(3,4)7(11)5-8(12)13-9/h5H2,1-4H3. The predicted molar refractivity (Wildman–Crippen MR) is 47.9 cm³/mol. The summed E-state index contributed by atoms with van der Waals surface area (Å²) in [6, 6.07) is 0. The molecule has 0 amide bonds. The molecule has 1 aliphatic heterocycles. The molecule has 3 nitrogen and oxygen atoms in total. The zero-order valence-corrected chi connectivity index (χ0v) is 8.43. The van der Waals surface area contributed by atoms with Gasteiger partial charge in [-0.3, -0.25) is 9.59 Å². The van der Waals surface area contributed by atoms with Gasteiger partial charge in [0.25, 0.3) is 0 Å². The third-order valence-electron chi connectivity index (χ3n) is 2.24. The van der Waals surface area contributed by atoms with Crippen LogP contribution in [0.2, 0.25) is 0 Å². The molecular formula is C10H14O3. The second-order valence-corrected chi connectivity index (χ2v) is 4.03. The van der Waals surface area contributed by atoms with Gasteiger partial charge in [0.2, 0.25) is 0 Å². The average Bonchev–Trinajstić information content (AvgIpc) is 1.96. The SMILES string of the molecule is CC(C)=C1OC(=O)CC(=O)C1(C)C. The molecule has 0 atom stereocenters. The van der Waals surface area contributed by atoms with Gasteiger partial charge in [0, 0.05) is 0 Å². The van der Waals surface area contributed by atoms with Gasteiger partial charge in [-0.15, -0.1) is 0 Å². The number of hydrogen-bond donors (Lipinski definition) is 0. The molecule has 0 aromatic heterocycles. The van der Waals surface area contributed by atoms with Crippen LogP contribution in [0.15, 0.2) is 11.3 Å². The van der Waals surface area contributed by atoms with E-state index in [1.807, 2.05) is 13.8 Å². The lowest BCUT2D eigenvalue weighted by molar-refractivity contribution is -0.152. The molecule has 1 rings (SSSR count). The molecule has 0 radical (unpaired) electrons. The minimum absolute atomic E-state index is 0.0695. The first kappa shape index (κ1) is 9.96. The van der Waals surface area contributed by atoms with Crippen LogP contribution in [0.25, 0.3) is 0 Å². The number of allylic oxidation sites excluding steroid dienone is 2. The van der Waals surface area contributed by atoms with Gasteiger partial charge in [-0.1, -0.05) is 0 Å². The third-order valence-corrected chi connectivity index (χ3v) is 2.24. The molecule has 0 aromatic carbocycles. The normalized spacial score (nSPS) is 21.4. The molecule has 0 unspecified atom stereocenters. The summed E-state index contributed by atoms with van der Waals surface area (Å²) in [5.41, 5.74) is 0.235. The van der Waals surface area contributed by atoms with Crippen molar-refractivity contribution in [1.82, 2.24) is 0 Å². The van der Waals surface area contributed by atoms with Crippen molar-refractivity contribution >= 4 is 11.8 Å². The Labute approximate surface area is 77.8 Å². The van der Waals surface area contributed by atoms with Crippen LogP contribution in [-0.4, -0.2) is 11.8 Å². The van der Waals surface area contributed by atoms with Gasteiger partial charge in [0.1, 0.15) is 12.2 Å². The molecule has 1 aliphatic rings. The highest BCUT2D eigenvalue weighted by Crippen LogP contribution is 2.35. The predicted octanol–water partition coefficient (Wildman–Crippen LogP) is 1.82. The van der Waals surface area contributed by atoms with Crippen molar-refractivity contribution in [3.8, 4) is 0 Å². The van der Waals surface area contributed by atoms with Crippen molar-refractivity contribution in [2.45, 2.75) is 34.1 Å². The second-order valence-electron chi connectivity index (χ2n) is 4.03. The van der Waals surface area contributed by atoms with Crippen LogP contribution >= 0.6 is 0 Å². The minimum atomic E-state index is -0.646. The van der Waals surface area contributed by atoms with Gasteiger partial charge in [-0.25, -0.2) is 0 Å². The first-order chi connectivity index (χ1) is 5.85. The van der Waals surface area contributed by atoms with Crippen LogP contribution in [-0.2, 0) is 14.3 Å². The fourth-order valence-electron chi connectivity index (χ4n) is 1.48. The maximum Gasteiger partial charge on any atom is 0.318 e. The fourth-order valence-corrected chi connectivity index (χ4v) is 1.48. The van der Waals surface area contributed by atoms with E-state index in [0.717, 1.165) is 5.57 Å². The summed E-state index contributed by atoms with van der Waals surface area (Å²) in [7, 11) is 0. The molecule has 0 aliphatic carbocycles. The molecule has 72 valence electrons. The molecule has 0 saturated carbocycles. The van der Waals surface area contributed by atoms with Gasteiger partial charge in [0.05, 0.1) is 5.41 Å². The summed E-state index contributed by atoms with van der Waals surface area (Å²) in [4.78, 5) is 22.5. The van der Waals surface area contributed by atoms with E-state index in [2.05, 4.69) is 0 Å². The molecule has 0 N–H and O–H groups in total. The Kier molecular flexibility index (Phi) is 2.28. The highest BCUT2D eigenvalue weighted by atomic mass is 16.5. The molecule has 0 aromatic rings. The smallest absolute Gasteiger partial charge is 0.318 e. The summed E-state index contributed by atoms with van der Waals surface area (Å²) < 4.78 is 5.05. The first-order valence-corrected chi connectivity index (χ1v) is 4.27. The van der Waals surface area contributed by atoms with E-state index in [0.29, 0.717) is 5.76 Å². The minimum Gasteiger partial charge on any atom is -0.430 e. The Balaban J connectivity index is 3.14. The third kappa shape index (κ3) is 1.64. The molecule has 1 heterocycles. The van der Waals surface area contributed by atoms with Gasteiger partial charge in [-0.05, 0) is 33.3 Å². The molecule has 0 spiro atoms. The van der Waals surface area contributed by atoms with E-state index in [1.54, 1.807) is 13.8 Å². The highest BCUT2D eigenvalue weighted by Gasteiger charge is 2.40. The van der Waals surface area contributed by atoms with Crippen molar-refractivity contribution in [1.29, 1.82) is 0 Å². The van der Waals surface area contributed by atoms with Crippen LogP contribution in [0.1, 0.15) is 34.1 Å². The van der Waals surface area contributed by atoms with E-state index in [1.165, 1.54) is 0 Å². The van der Waals surface area contributed by atoms with Crippen molar-refractivity contribution in [2.24, 2.45) is 5.41 Å². The maximum absolute atomic E-state index is 11.5. The van der Waals surface area contributed by atoms with Gasteiger partial charge >= 0.3 is 5.97 Å². The Morgan fingerprint density at radius 2 is 1.85 bits per heavy atom. The summed E-state index contributed by atoms with van der Waals surface area (Å²) in [6.07, 6.45) is -0.107. The summed E-state index contributed by atoms with van der Waals surface area (Å²) in [5, 5.41) is 0. The Morgan fingerprint density at radius 1 is 1.31 bits per heavy atom. The number of hydrogen-bond acceptors (Lipinski definition) is 3. The fraction of sp³-hybridized carbons (Fsp3) is 0.600. The van der Waals surface area contributed by atoms with Crippen LogP contribution < -0.4 is 0 Å². The number of carbonyl (C=O) groups excluding carboxylic acids is 2. The number of esters is 1. The number of ether oxygens (including phenoxy) is 1. The van der Waals surface area contributed by atoms with Crippen LogP contribution in [0, 0.1) is 5.41 Å². The van der Waals surface area contributed by atoms with E-state index < -0.39 is 11.4 Å². The molecular weight excluding hydrogens is 168 g/mol. The highest BCUT2D eigenvalue weighted by molar-refractivity contribution is 6.02. The maximum atomic E-state index is 11.5. The van der Waals surface area contributed by atoms with Gasteiger partial charge < -0.3 is 4.74 Å². The number of ketones is 1.